The van der Waals surface area contributed by atoms with Crippen LogP contribution < -0.4 is 5.73 Å². The maximum Gasteiger partial charge on any atom is 0.133 e. The minimum absolute atomic E-state index is 0.397. The van der Waals surface area contributed by atoms with Gasteiger partial charge in [0.2, 0.25) is 0 Å². The van der Waals surface area contributed by atoms with Gasteiger partial charge in [-0.1, -0.05) is 0 Å². The number of nitrogens with two attached hydrogens (primary N) is 1. The summed E-state index contributed by atoms with van der Waals surface area (Å²) in [5.74, 6) is 0.867. The summed E-state index contributed by atoms with van der Waals surface area (Å²) < 4.78 is 0. The van der Waals surface area contributed by atoms with Crippen molar-refractivity contribution in [3.05, 3.63) is 24.0 Å². The third kappa shape index (κ3) is 2.55. The van der Waals surface area contributed by atoms with Gasteiger partial charge in [-0.15, -0.1) is 0 Å². The molecular formula is C12H16N2O. The molecule has 15 heavy (non-hydrogen) atoms. The largest absolute Gasteiger partial charge is 0.398 e. The van der Waals surface area contributed by atoms with Gasteiger partial charge in [0.15, 0.2) is 0 Å². The van der Waals surface area contributed by atoms with E-state index < -0.39 is 0 Å². The number of carbonyl (C=O) groups is 1. The van der Waals surface area contributed by atoms with Crippen LogP contribution in [0.2, 0.25) is 0 Å². The lowest BCUT2D eigenvalue weighted by molar-refractivity contribution is -0.121. The Morgan fingerprint density at radius 2 is 2.40 bits per heavy atom. The van der Waals surface area contributed by atoms with Crippen molar-refractivity contribution in [3.8, 4) is 0 Å². The fraction of sp³-hybridized carbons (Fsp3) is 0.500. The number of carbonyl (C=O) groups excluding carboxylic acids is 1. The van der Waals surface area contributed by atoms with Gasteiger partial charge in [-0.3, -0.25) is 9.78 Å². The zero-order valence-corrected chi connectivity index (χ0v) is 8.78. The summed E-state index contributed by atoms with van der Waals surface area (Å²) in [6, 6.07) is 1.82. The average Bonchev–Trinajstić information content (AvgIpc) is 2.22. The van der Waals surface area contributed by atoms with Gasteiger partial charge in [-0.25, -0.2) is 0 Å². The lowest BCUT2D eigenvalue weighted by Gasteiger charge is -2.21. The van der Waals surface area contributed by atoms with Crippen LogP contribution in [0.4, 0.5) is 5.69 Å². The van der Waals surface area contributed by atoms with Gasteiger partial charge < -0.3 is 5.73 Å². The summed E-state index contributed by atoms with van der Waals surface area (Å²) in [6.07, 6.45) is 8.06. The van der Waals surface area contributed by atoms with Crippen molar-refractivity contribution >= 4 is 11.5 Å². The maximum atomic E-state index is 11.3. The quantitative estimate of drug-likeness (QED) is 0.801. The molecule has 1 atom stereocenters. The molecule has 1 saturated carbocycles. The molecule has 0 bridgehead atoms. The highest BCUT2D eigenvalue weighted by Gasteiger charge is 2.20. The summed E-state index contributed by atoms with van der Waals surface area (Å²) in [6.45, 7) is 0. The average molecular weight is 204 g/mol. The van der Waals surface area contributed by atoms with E-state index in [1.165, 1.54) is 0 Å². The normalized spacial score (nSPS) is 21.6. The zero-order valence-electron chi connectivity index (χ0n) is 8.78. The maximum absolute atomic E-state index is 11.3. The first-order chi connectivity index (χ1) is 7.25. The van der Waals surface area contributed by atoms with Gasteiger partial charge in [-0.2, -0.15) is 0 Å². The first kappa shape index (κ1) is 10.1. The molecular weight excluding hydrogens is 188 g/mol. The van der Waals surface area contributed by atoms with Gasteiger partial charge in [0.1, 0.15) is 5.78 Å². The van der Waals surface area contributed by atoms with E-state index in [1.54, 1.807) is 6.20 Å². The van der Waals surface area contributed by atoms with Crippen molar-refractivity contribution in [1.82, 2.24) is 4.98 Å². The summed E-state index contributed by atoms with van der Waals surface area (Å²) in [4.78, 5) is 15.4. The first-order valence-corrected chi connectivity index (χ1v) is 5.46. The number of ketones is 1. The highest BCUT2D eigenvalue weighted by molar-refractivity contribution is 5.79. The molecule has 0 aromatic carbocycles. The Kier molecular flexibility index (Phi) is 2.99. The molecule has 0 radical (unpaired) electrons. The van der Waals surface area contributed by atoms with Crippen LogP contribution in [-0.4, -0.2) is 10.8 Å². The zero-order chi connectivity index (χ0) is 10.7. The fourth-order valence-corrected chi connectivity index (χ4v) is 2.21. The summed E-state index contributed by atoms with van der Waals surface area (Å²) >= 11 is 0. The van der Waals surface area contributed by atoms with E-state index in [1.807, 2.05) is 12.3 Å². The summed E-state index contributed by atoms with van der Waals surface area (Å²) in [7, 11) is 0. The molecule has 0 aliphatic heterocycles. The number of pyridine rings is 1. The van der Waals surface area contributed by atoms with Crippen LogP contribution in [0.3, 0.4) is 0 Å². The van der Waals surface area contributed by atoms with Gasteiger partial charge in [0.05, 0.1) is 0 Å². The molecule has 1 aromatic heterocycles. The fourth-order valence-electron chi connectivity index (χ4n) is 2.21. The molecule has 1 aliphatic carbocycles. The van der Waals surface area contributed by atoms with E-state index >= 15 is 0 Å². The second kappa shape index (κ2) is 4.43. The van der Waals surface area contributed by atoms with Crippen molar-refractivity contribution in [2.75, 3.05) is 5.73 Å². The van der Waals surface area contributed by atoms with E-state index in [9.17, 15) is 4.79 Å². The molecule has 1 unspecified atom stereocenters. The van der Waals surface area contributed by atoms with Gasteiger partial charge in [0, 0.05) is 30.9 Å². The number of hydrogen-bond acceptors (Lipinski definition) is 3. The number of nitrogens with zero attached hydrogens (tertiary/aromatic N) is 1. The third-order valence-electron chi connectivity index (χ3n) is 3.03. The van der Waals surface area contributed by atoms with Crippen molar-refractivity contribution < 1.29 is 4.79 Å². The van der Waals surface area contributed by atoms with Gasteiger partial charge in [0.25, 0.3) is 0 Å². The van der Waals surface area contributed by atoms with E-state index in [2.05, 4.69) is 4.98 Å². The molecule has 3 heteroatoms. The lowest BCUT2D eigenvalue weighted by atomic mass is 9.84. The Bertz CT molecular complexity index is 362. The summed E-state index contributed by atoms with van der Waals surface area (Å²) in [5.41, 5.74) is 7.72. The Morgan fingerprint density at radius 3 is 3.13 bits per heavy atom. The lowest BCUT2D eigenvalue weighted by Crippen LogP contribution is -2.17. The van der Waals surface area contributed by atoms with E-state index in [0.29, 0.717) is 18.1 Å². The van der Waals surface area contributed by atoms with E-state index in [4.69, 9.17) is 5.73 Å². The number of Topliss-reactive ketones (excluding diaryl/α,β-unsaturated/α-hetero) is 1. The van der Waals surface area contributed by atoms with Crippen LogP contribution in [0.15, 0.2) is 18.5 Å². The van der Waals surface area contributed by atoms with Crippen molar-refractivity contribution in [1.29, 1.82) is 0 Å². The number of hydrogen-bond donors (Lipinski definition) is 1. The Balaban J connectivity index is 2.02. The molecule has 1 fully saturated rings. The predicted molar refractivity (Wildman–Crippen MR) is 59.3 cm³/mol. The highest BCUT2D eigenvalue weighted by atomic mass is 16.1. The molecule has 1 heterocycles. The summed E-state index contributed by atoms with van der Waals surface area (Å²) in [5, 5.41) is 0. The molecule has 0 spiro atoms. The minimum Gasteiger partial charge on any atom is -0.398 e. The second-order valence-electron chi connectivity index (χ2n) is 4.28. The van der Waals surface area contributed by atoms with E-state index in [-0.39, 0.29) is 0 Å². The molecule has 3 nitrogen and oxygen atoms in total. The standard InChI is InChI=1S/C12H16N2O/c13-12-4-5-14-8-10(12)6-9-2-1-3-11(15)7-9/h4-5,8-9H,1-3,6-7H2,(H2,13,14). The molecule has 2 N–H and O–H groups in total. The molecule has 0 saturated heterocycles. The van der Waals surface area contributed by atoms with Gasteiger partial charge >= 0.3 is 0 Å². The molecule has 1 aromatic rings. The van der Waals surface area contributed by atoms with Crippen LogP contribution in [0, 0.1) is 5.92 Å². The number of nitrogen functional groups attached to an aromatic ring is 1. The predicted octanol–water partition coefficient (Wildman–Crippen LogP) is 1.97. The Labute approximate surface area is 89.7 Å². The van der Waals surface area contributed by atoms with Crippen LogP contribution in [-0.2, 0) is 11.2 Å². The van der Waals surface area contributed by atoms with Gasteiger partial charge in [-0.05, 0) is 36.8 Å². The Morgan fingerprint density at radius 1 is 1.53 bits per heavy atom. The Hall–Kier alpha value is -1.38. The third-order valence-corrected chi connectivity index (χ3v) is 3.03. The highest BCUT2D eigenvalue weighted by Crippen LogP contribution is 2.26. The van der Waals surface area contributed by atoms with Crippen molar-refractivity contribution in [2.45, 2.75) is 32.1 Å². The van der Waals surface area contributed by atoms with Crippen LogP contribution in [0.5, 0.6) is 0 Å². The number of rotatable bonds is 2. The van der Waals surface area contributed by atoms with Crippen molar-refractivity contribution in [2.24, 2.45) is 5.92 Å². The number of aromatic nitrogens is 1. The topological polar surface area (TPSA) is 56.0 Å². The van der Waals surface area contributed by atoms with Crippen LogP contribution in [0.25, 0.3) is 0 Å². The molecule has 80 valence electrons. The minimum atomic E-state index is 0.397. The second-order valence-corrected chi connectivity index (χ2v) is 4.28. The van der Waals surface area contributed by atoms with Crippen LogP contribution in [0.1, 0.15) is 31.2 Å². The van der Waals surface area contributed by atoms with Crippen LogP contribution >= 0.6 is 0 Å². The smallest absolute Gasteiger partial charge is 0.133 e. The molecule has 0 amide bonds. The first-order valence-electron chi connectivity index (χ1n) is 5.46. The van der Waals surface area contributed by atoms with Crippen molar-refractivity contribution in [3.63, 3.8) is 0 Å². The molecule has 2 rings (SSSR count). The SMILES string of the molecule is Nc1ccncc1CC1CCCC(=O)C1. The number of anilines is 1. The van der Waals surface area contributed by atoms with E-state index in [0.717, 1.165) is 36.9 Å². The molecule has 1 aliphatic rings. The monoisotopic (exact) mass is 204 g/mol.